The number of nitrogens with zero attached hydrogens (tertiary/aromatic N) is 3. The molecule has 1 atom stereocenters. The zero-order valence-electron chi connectivity index (χ0n) is 10.8. The van der Waals surface area contributed by atoms with Gasteiger partial charge < -0.3 is 10.2 Å². The average Bonchev–Trinajstić information content (AvgIpc) is 2.81. The van der Waals surface area contributed by atoms with E-state index in [0.29, 0.717) is 6.04 Å². The molecule has 1 unspecified atom stereocenters. The van der Waals surface area contributed by atoms with Crippen LogP contribution in [0.4, 0.5) is 5.82 Å². The van der Waals surface area contributed by atoms with Crippen LogP contribution in [-0.4, -0.2) is 35.6 Å². The van der Waals surface area contributed by atoms with E-state index in [9.17, 15) is 0 Å². The summed E-state index contributed by atoms with van der Waals surface area (Å²) in [5.74, 6) is 1.12. The van der Waals surface area contributed by atoms with E-state index in [0.717, 1.165) is 37.4 Å². The Balaban J connectivity index is 2.07. The van der Waals surface area contributed by atoms with Crippen LogP contribution in [0.15, 0.2) is 11.7 Å². The normalized spacial score (nSPS) is 20.6. The zero-order valence-corrected chi connectivity index (χ0v) is 11.6. The van der Waals surface area contributed by atoms with Crippen LogP contribution in [0.3, 0.4) is 0 Å². The first-order valence-corrected chi connectivity index (χ1v) is 7.35. The summed E-state index contributed by atoms with van der Waals surface area (Å²) in [6, 6.07) is 0.541. The highest BCUT2D eigenvalue weighted by molar-refractivity contribution is 7.18. The Morgan fingerprint density at radius 1 is 1.50 bits per heavy atom. The first-order valence-electron chi connectivity index (χ1n) is 6.47. The molecule has 96 valence electrons. The minimum absolute atomic E-state index is 0.541. The lowest BCUT2D eigenvalue weighted by Gasteiger charge is -2.36. The Morgan fingerprint density at radius 3 is 3.22 bits per heavy atom. The van der Waals surface area contributed by atoms with Gasteiger partial charge in [0, 0.05) is 25.7 Å². The number of piperazine rings is 1. The topological polar surface area (TPSA) is 41.0 Å². The summed E-state index contributed by atoms with van der Waals surface area (Å²) in [4.78, 5) is 11.4. The number of anilines is 1. The van der Waals surface area contributed by atoms with Crippen molar-refractivity contribution in [2.75, 3.05) is 24.5 Å². The van der Waals surface area contributed by atoms with Crippen LogP contribution in [0.1, 0.15) is 18.9 Å². The molecule has 4 nitrogen and oxygen atoms in total. The van der Waals surface area contributed by atoms with E-state index in [1.807, 2.05) is 0 Å². The molecule has 0 saturated carbocycles. The SMILES string of the molecule is CCC1CNCCN1c1ncnc2c(C)csc12. The van der Waals surface area contributed by atoms with E-state index in [-0.39, 0.29) is 0 Å². The molecule has 0 radical (unpaired) electrons. The van der Waals surface area contributed by atoms with Gasteiger partial charge in [0.25, 0.3) is 0 Å². The van der Waals surface area contributed by atoms with Crippen LogP contribution >= 0.6 is 11.3 Å². The van der Waals surface area contributed by atoms with Crippen molar-refractivity contribution in [2.24, 2.45) is 0 Å². The molecule has 0 spiro atoms. The van der Waals surface area contributed by atoms with Crippen LogP contribution in [0.5, 0.6) is 0 Å². The maximum Gasteiger partial charge on any atom is 0.150 e. The predicted molar refractivity (Wildman–Crippen MR) is 76.4 cm³/mol. The fourth-order valence-electron chi connectivity index (χ4n) is 2.57. The number of fused-ring (bicyclic) bond motifs is 1. The fraction of sp³-hybridized carbons (Fsp3) is 0.538. The molecule has 3 rings (SSSR count). The third-order valence-electron chi connectivity index (χ3n) is 3.61. The second kappa shape index (κ2) is 4.82. The Hall–Kier alpha value is -1.20. The summed E-state index contributed by atoms with van der Waals surface area (Å²) in [6.45, 7) is 7.47. The molecule has 1 N–H and O–H groups in total. The number of aryl methyl sites for hydroxylation is 1. The summed E-state index contributed by atoms with van der Waals surface area (Å²) in [7, 11) is 0. The van der Waals surface area contributed by atoms with Gasteiger partial charge in [0.1, 0.15) is 12.1 Å². The second-order valence-electron chi connectivity index (χ2n) is 4.75. The van der Waals surface area contributed by atoms with Gasteiger partial charge in [-0.2, -0.15) is 0 Å². The average molecular weight is 262 g/mol. The molecule has 0 aromatic carbocycles. The molecule has 0 bridgehead atoms. The third kappa shape index (κ3) is 1.87. The molecule has 0 amide bonds. The molecular weight excluding hydrogens is 244 g/mol. The highest BCUT2D eigenvalue weighted by Crippen LogP contribution is 2.32. The summed E-state index contributed by atoms with van der Waals surface area (Å²) in [5.41, 5.74) is 2.36. The molecule has 1 fully saturated rings. The van der Waals surface area contributed by atoms with Crippen LogP contribution in [0, 0.1) is 6.92 Å². The molecule has 18 heavy (non-hydrogen) atoms. The van der Waals surface area contributed by atoms with Gasteiger partial charge >= 0.3 is 0 Å². The van der Waals surface area contributed by atoms with Crippen molar-refractivity contribution < 1.29 is 0 Å². The minimum Gasteiger partial charge on any atom is -0.350 e. The van der Waals surface area contributed by atoms with Gasteiger partial charge in [-0.1, -0.05) is 6.92 Å². The Kier molecular flexibility index (Phi) is 3.18. The van der Waals surface area contributed by atoms with E-state index in [1.165, 1.54) is 10.3 Å². The van der Waals surface area contributed by atoms with Crippen LogP contribution in [-0.2, 0) is 0 Å². The lowest BCUT2D eigenvalue weighted by Crippen LogP contribution is -2.51. The first kappa shape index (κ1) is 11.9. The van der Waals surface area contributed by atoms with Gasteiger partial charge in [0.15, 0.2) is 0 Å². The molecule has 1 saturated heterocycles. The van der Waals surface area contributed by atoms with Crippen molar-refractivity contribution in [2.45, 2.75) is 26.3 Å². The largest absolute Gasteiger partial charge is 0.350 e. The van der Waals surface area contributed by atoms with Gasteiger partial charge in [-0.05, 0) is 24.3 Å². The van der Waals surface area contributed by atoms with Crippen molar-refractivity contribution in [1.82, 2.24) is 15.3 Å². The fourth-order valence-corrected chi connectivity index (χ4v) is 3.57. The molecular formula is C13H18N4S. The predicted octanol–water partition coefficient (Wildman–Crippen LogP) is 2.19. The quantitative estimate of drug-likeness (QED) is 0.900. The number of nitrogens with one attached hydrogen (secondary N) is 1. The molecule has 1 aliphatic heterocycles. The highest BCUT2D eigenvalue weighted by atomic mass is 32.1. The molecule has 3 heterocycles. The van der Waals surface area contributed by atoms with E-state index in [2.05, 4.69) is 39.4 Å². The van der Waals surface area contributed by atoms with Crippen molar-refractivity contribution in [1.29, 1.82) is 0 Å². The molecule has 0 aliphatic carbocycles. The van der Waals surface area contributed by atoms with Crippen molar-refractivity contribution in [3.05, 3.63) is 17.3 Å². The highest BCUT2D eigenvalue weighted by Gasteiger charge is 2.24. The number of hydrogen-bond donors (Lipinski definition) is 1. The number of thiophene rings is 1. The van der Waals surface area contributed by atoms with E-state index in [4.69, 9.17) is 0 Å². The Bertz CT molecular complexity index is 551. The second-order valence-corrected chi connectivity index (χ2v) is 5.63. The van der Waals surface area contributed by atoms with E-state index in [1.54, 1.807) is 17.7 Å². The Morgan fingerprint density at radius 2 is 2.39 bits per heavy atom. The van der Waals surface area contributed by atoms with Gasteiger partial charge in [-0.15, -0.1) is 11.3 Å². The van der Waals surface area contributed by atoms with Gasteiger partial charge in [0.05, 0.1) is 10.2 Å². The minimum atomic E-state index is 0.541. The summed E-state index contributed by atoms with van der Waals surface area (Å²) in [6.07, 6.45) is 2.84. The van der Waals surface area contributed by atoms with Gasteiger partial charge in [-0.3, -0.25) is 0 Å². The molecule has 5 heteroatoms. The van der Waals surface area contributed by atoms with Crippen molar-refractivity contribution in [3.63, 3.8) is 0 Å². The van der Waals surface area contributed by atoms with Gasteiger partial charge in [0.2, 0.25) is 0 Å². The van der Waals surface area contributed by atoms with Crippen LogP contribution in [0.2, 0.25) is 0 Å². The summed E-state index contributed by atoms with van der Waals surface area (Å²) < 4.78 is 1.23. The summed E-state index contributed by atoms with van der Waals surface area (Å²) in [5, 5.41) is 5.63. The number of hydrogen-bond acceptors (Lipinski definition) is 5. The van der Waals surface area contributed by atoms with E-state index >= 15 is 0 Å². The maximum absolute atomic E-state index is 4.54. The molecule has 2 aromatic rings. The standard InChI is InChI=1S/C13H18N4S/c1-3-10-6-14-4-5-17(10)13-12-11(15-8-16-13)9(2)7-18-12/h7-8,10,14H,3-6H2,1-2H3. The van der Waals surface area contributed by atoms with Gasteiger partial charge in [-0.25, -0.2) is 9.97 Å². The van der Waals surface area contributed by atoms with Crippen molar-refractivity contribution in [3.8, 4) is 0 Å². The van der Waals surface area contributed by atoms with Crippen molar-refractivity contribution >= 4 is 27.4 Å². The van der Waals surface area contributed by atoms with Crippen LogP contribution < -0.4 is 10.2 Å². The number of rotatable bonds is 2. The molecule has 1 aliphatic rings. The van der Waals surface area contributed by atoms with E-state index < -0.39 is 0 Å². The smallest absolute Gasteiger partial charge is 0.150 e. The van der Waals surface area contributed by atoms with Crippen LogP contribution in [0.25, 0.3) is 10.2 Å². The zero-order chi connectivity index (χ0) is 12.5. The summed E-state index contributed by atoms with van der Waals surface area (Å²) >= 11 is 1.76. The third-order valence-corrected chi connectivity index (χ3v) is 4.69. The maximum atomic E-state index is 4.54. The number of aromatic nitrogens is 2. The first-order chi connectivity index (χ1) is 8.81. The lowest BCUT2D eigenvalue weighted by molar-refractivity contribution is 0.464. The molecule has 2 aromatic heterocycles. The monoisotopic (exact) mass is 262 g/mol. The lowest BCUT2D eigenvalue weighted by atomic mass is 10.1. The Labute approximate surface area is 111 Å².